The molecule has 1 atom stereocenters. The highest BCUT2D eigenvalue weighted by Crippen LogP contribution is 2.23. The van der Waals surface area contributed by atoms with Crippen LogP contribution in [0.25, 0.3) is 11.5 Å². The molecule has 8 heteroatoms. The molecule has 0 amide bonds. The van der Waals surface area contributed by atoms with Crippen LogP contribution in [0.1, 0.15) is 31.2 Å². The van der Waals surface area contributed by atoms with Crippen molar-refractivity contribution in [1.29, 1.82) is 0 Å². The van der Waals surface area contributed by atoms with Crippen LogP contribution in [-0.2, 0) is 6.54 Å². The Morgan fingerprint density at radius 3 is 3.00 bits per heavy atom. The van der Waals surface area contributed by atoms with Crippen molar-refractivity contribution in [2.24, 2.45) is 0 Å². The van der Waals surface area contributed by atoms with Crippen LogP contribution in [0.15, 0.2) is 41.1 Å². The molecule has 3 aromatic rings. The van der Waals surface area contributed by atoms with Gasteiger partial charge in [0.2, 0.25) is 11.8 Å². The minimum absolute atomic E-state index is 0.316. The Morgan fingerprint density at radius 2 is 2.16 bits per heavy atom. The summed E-state index contributed by atoms with van der Waals surface area (Å²) in [6, 6.07) is 6.57. The van der Waals surface area contributed by atoms with E-state index < -0.39 is 0 Å². The van der Waals surface area contributed by atoms with Crippen LogP contribution >= 0.6 is 0 Å². The van der Waals surface area contributed by atoms with Crippen LogP contribution in [0.5, 0.6) is 0 Å². The standard InChI is InChI=1S/C17H19FN6O/c18-14-4-1-3-13(11-14)17-21-20-16(25-17)12-23-8-2-5-15(6-9-23)24-10-7-19-22-24/h1,3-4,7,10-11,15H,2,5-6,8-9,12H2. The van der Waals surface area contributed by atoms with Gasteiger partial charge < -0.3 is 4.42 Å². The third kappa shape index (κ3) is 3.74. The molecule has 130 valence electrons. The molecule has 1 aliphatic heterocycles. The van der Waals surface area contributed by atoms with Crippen molar-refractivity contribution in [2.75, 3.05) is 13.1 Å². The summed E-state index contributed by atoms with van der Waals surface area (Å²) in [5.74, 6) is 0.590. The van der Waals surface area contributed by atoms with E-state index in [9.17, 15) is 4.39 Å². The minimum atomic E-state index is -0.316. The second-order valence-electron chi connectivity index (χ2n) is 6.26. The number of nitrogens with zero attached hydrogens (tertiary/aromatic N) is 6. The summed E-state index contributed by atoms with van der Waals surface area (Å²) in [6.07, 6.45) is 6.81. The Bertz CT molecular complexity index is 818. The maximum Gasteiger partial charge on any atom is 0.247 e. The second-order valence-corrected chi connectivity index (χ2v) is 6.26. The molecule has 4 rings (SSSR count). The van der Waals surface area contributed by atoms with Crippen molar-refractivity contribution in [3.63, 3.8) is 0 Å². The summed E-state index contributed by atoms with van der Waals surface area (Å²) in [6.45, 7) is 2.51. The molecule has 1 unspecified atom stereocenters. The zero-order valence-electron chi connectivity index (χ0n) is 13.8. The molecular weight excluding hydrogens is 323 g/mol. The molecule has 1 fully saturated rings. The quantitative estimate of drug-likeness (QED) is 0.726. The van der Waals surface area contributed by atoms with Crippen molar-refractivity contribution in [1.82, 2.24) is 30.1 Å². The lowest BCUT2D eigenvalue weighted by atomic mass is 10.1. The Kier molecular flexibility index (Phi) is 4.51. The summed E-state index contributed by atoms with van der Waals surface area (Å²) in [4.78, 5) is 2.31. The van der Waals surface area contributed by atoms with E-state index >= 15 is 0 Å². The maximum absolute atomic E-state index is 13.3. The SMILES string of the molecule is Fc1cccc(-c2nnc(CN3CCCC(n4ccnn4)CC3)o2)c1. The van der Waals surface area contributed by atoms with Crippen molar-refractivity contribution >= 4 is 0 Å². The fourth-order valence-electron chi connectivity index (χ4n) is 3.22. The van der Waals surface area contributed by atoms with Gasteiger partial charge in [-0.3, -0.25) is 4.90 Å². The van der Waals surface area contributed by atoms with Crippen LogP contribution in [0, 0.1) is 5.82 Å². The first-order chi connectivity index (χ1) is 12.3. The van der Waals surface area contributed by atoms with E-state index in [1.165, 1.54) is 12.1 Å². The monoisotopic (exact) mass is 342 g/mol. The van der Waals surface area contributed by atoms with Gasteiger partial charge in [-0.25, -0.2) is 9.07 Å². The van der Waals surface area contributed by atoms with Crippen LogP contribution in [-0.4, -0.2) is 43.2 Å². The summed E-state index contributed by atoms with van der Waals surface area (Å²) in [5, 5.41) is 16.2. The summed E-state index contributed by atoms with van der Waals surface area (Å²) >= 11 is 0. The average Bonchev–Trinajstić information content (AvgIpc) is 3.25. The zero-order chi connectivity index (χ0) is 17.1. The minimum Gasteiger partial charge on any atom is -0.419 e. The smallest absolute Gasteiger partial charge is 0.247 e. The first kappa shape index (κ1) is 15.9. The summed E-state index contributed by atoms with van der Waals surface area (Å²) < 4.78 is 21.0. The van der Waals surface area contributed by atoms with Crippen molar-refractivity contribution in [3.8, 4) is 11.5 Å². The van der Waals surface area contributed by atoms with Crippen LogP contribution in [0.3, 0.4) is 0 Å². The molecule has 0 aliphatic carbocycles. The third-order valence-electron chi connectivity index (χ3n) is 4.50. The first-order valence-electron chi connectivity index (χ1n) is 8.44. The number of halogens is 1. The number of hydrogen-bond acceptors (Lipinski definition) is 6. The van der Waals surface area contributed by atoms with E-state index in [2.05, 4.69) is 25.4 Å². The van der Waals surface area contributed by atoms with Gasteiger partial charge in [-0.2, -0.15) is 0 Å². The molecule has 0 radical (unpaired) electrons. The molecule has 2 aromatic heterocycles. The molecule has 1 saturated heterocycles. The third-order valence-corrected chi connectivity index (χ3v) is 4.50. The van der Waals surface area contributed by atoms with E-state index in [-0.39, 0.29) is 5.82 Å². The molecule has 0 N–H and O–H groups in total. The Balaban J connectivity index is 1.39. The number of benzene rings is 1. The lowest BCUT2D eigenvalue weighted by Crippen LogP contribution is -2.24. The van der Waals surface area contributed by atoms with Gasteiger partial charge in [0.1, 0.15) is 5.82 Å². The Hall–Kier alpha value is -2.61. The zero-order valence-corrected chi connectivity index (χ0v) is 13.8. The van der Waals surface area contributed by atoms with Crippen molar-refractivity contribution < 1.29 is 8.81 Å². The molecule has 0 saturated carbocycles. The molecule has 25 heavy (non-hydrogen) atoms. The fraction of sp³-hybridized carbons (Fsp3) is 0.412. The fourth-order valence-corrected chi connectivity index (χ4v) is 3.22. The number of aromatic nitrogens is 5. The van der Waals surface area contributed by atoms with E-state index in [4.69, 9.17) is 4.42 Å². The van der Waals surface area contributed by atoms with Crippen LogP contribution in [0.2, 0.25) is 0 Å². The van der Waals surface area contributed by atoms with Crippen LogP contribution < -0.4 is 0 Å². The lowest BCUT2D eigenvalue weighted by molar-refractivity contribution is 0.244. The topological polar surface area (TPSA) is 72.9 Å². The van der Waals surface area contributed by atoms with Gasteiger partial charge in [0.15, 0.2) is 0 Å². The van der Waals surface area contributed by atoms with Gasteiger partial charge in [-0.15, -0.1) is 15.3 Å². The van der Waals surface area contributed by atoms with Gasteiger partial charge in [0, 0.05) is 18.3 Å². The van der Waals surface area contributed by atoms with Gasteiger partial charge in [-0.05, 0) is 44.0 Å². The largest absolute Gasteiger partial charge is 0.419 e. The molecule has 1 aliphatic rings. The molecule has 1 aromatic carbocycles. The predicted octanol–water partition coefficient (Wildman–Crippen LogP) is 2.69. The van der Waals surface area contributed by atoms with Gasteiger partial charge in [0.25, 0.3) is 0 Å². The van der Waals surface area contributed by atoms with Gasteiger partial charge in [0.05, 0.1) is 18.8 Å². The normalized spacial score (nSPS) is 19.0. The maximum atomic E-state index is 13.3. The van der Waals surface area contributed by atoms with E-state index in [0.29, 0.717) is 29.9 Å². The Morgan fingerprint density at radius 1 is 1.20 bits per heavy atom. The first-order valence-corrected chi connectivity index (χ1v) is 8.44. The number of rotatable bonds is 4. The molecular formula is C17H19FN6O. The summed E-state index contributed by atoms with van der Waals surface area (Å²) in [5.41, 5.74) is 0.598. The molecule has 0 spiro atoms. The predicted molar refractivity (Wildman–Crippen MR) is 87.9 cm³/mol. The average molecular weight is 342 g/mol. The van der Waals surface area contributed by atoms with Gasteiger partial charge in [-0.1, -0.05) is 11.3 Å². The summed E-state index contributed by atoms with van der Waals surface area (Å²) in [7, 11) is 0. The van der Waals surface area contributed by atoms with Gasteiger partial charge >= 0.3 is 0 Å². The highest BCUT2D eigenvalue weighted by atomic mass is 19.1. The van der Waals surface area contributed by atoms with Crippen molar-refractivity contribution in [3.05, 3.63) is 48.4 Å². The van der Waals surface area contributed by atoms with Crippen molar-refractivity contribution in [2.45, 2.75) is 31.8 Å². The molecule has 7 nitrogen and oxygen atoms in total. The highest BCUT2D eigenvalue weighted by molar-refractivity contribution is 5.52. The van der Waals surface area contributed by atoms with E-state index in [0.717, 1.165) is 32.4 Å². The lowest BCUT2D eigenvalue weighted by Gasteiger charge is -2.17. The second kappa shape index (κ2) is 7.10. The van der Waals surface area contributed by atoms with Crippen LogP contribution in [0.4, 0.5) is 4.39 Å². The molecule has 3 heterocycles. The number of hydrogen-bond donors (Lipinski definition) is 0. The Labute approximate surface area is 144 Å². The highest BCUT2D eigenvalue weighted by Gasteiger charge is 2.20. The number of likely N-dealkylation sites (tertiary alicyclic amines) is 1. The van der Waals surface area contributed by atoms with E-state index in [1.807, 2.05) is 10.9 Å². The molecule has 0 bridgehead atoms. The van der Waals surface area contributed by atoms with E-state index in [1.54, 1.807) is 18.3 Å².